The fraction of sp³-hybridized carbons (Fsp3) is 0.391. The molecule has 1 aromatic carbocycles. The molecular weight excluding hydrogens is 413 g/mol. The Bertz CT molecular complexity index is 1160. The second-order valence-electron chi connectivity index (χ2n) is 8.42. The Kier molecular flexibility index (Phi) is 5.34. The second kappa shape index (κ2) is 8.31. The zero-order chi connectivity index (χ0) is 22.2. The van der Waals surface area contributed by atoms with Gasteiger partial charge in [0.25, 0.3) is 11.6 Å². The van der Waals surface area contributed by atoms with E-state index in [1.807, 2.05) is 0 Å². The van der Waals surface area contributed by atoms with Crippen LogP contribution in [0.1, 0.15) is 28.9 Å². The van der Waals surface area contributed by atoms with Crippen LogP contribution < -0.4 is 5.32 Å². The normalized spacial score (nSPS) is 17.0. The molecular formula is C23H24FN5O3. The molecule has 8 nitrogen and oxygen atoms in total. The molecule has 3 heterocycles. The highest BCUT2D eigenvalue weighted by Crippen LogP contribution is 2.28. The molecule has 0 spiro atoms. The van der Waals surface area contributed by atoms with Gasteiger partial charge in [-0.2, -0.15) is 0 Å². The van der Waals surface area contributed by atoms with Gasteiger partial charge in [-0.15, -0.1) is 0 Å². The number of hydrogen-bond acceptors (Lipinski definition) is 6. The summed E-state index contributed by atoms with van der Waals surface area (Å²) in [7, 11) is 0. The van der Waals surface area contributed by atoms with Crippen molar-refractivity contribution in [2.75, 3.05) is 32.7 Å². The number of hydrogen-bond donors (Lipinski definition) is 1. The molecule has 1 saturated heterocycles. The van der Waals surface area contributed by atoms with Gasteiger partial charge in [0.2, 0.25) is 5.91 Å². The third-order valence-corrected chi connectivity index (χ3v) is 5.96. The summed E-state index contributed by atoms with van der Waals surface area (Å²) in [5.74, 6) is -0.424. The van der Waals surface area contributed by atoms with Crippen molar-refractivity contribution in [2.24, 2.45) is 0 Å². The number of amides is 2. The lowest BCUT2D eigenvalue weighted by molar-refractivity contribution is -0.122. The molecule has 0 atom stereocenters. The molecule has 0 unspecified atom stereocenters. The van der Waals surface area contributed by atoms with E-state index < -0.39 is 0 Å². The van der Waals surface area contributed by atoms with Crippen LogP contribution in [0.3, 0.4) is 0 Å². The summed E-state index contributed by atoms with van der Waals surface area (Å²) in [6, 6.07) is 8.01. The molecule has 1 aliphatic heterocycles. The van der Waals surface area contributed by atoms with E-state index in [2.05, 4.69) is 20.4 Å². The van der Waals surface area contributed by atoms with Crippen LogP contribution in [0.15, 0.2) is 34.9 Å². The molecule has 1 aliphatic carbocycles. The van der Waals surface area contributed by atoms with Gasteiger partial charge in [-0.3, -0.25) is 14.5 Å². The van der Waals surface area contributed by atoms with Gasteiger partial charge in [-0.05, 0) is 50.1 Å². The first-order valence-corrected chi connectivity index (χ1v) is 10.8. The zero-order valence-electron chi connectivity index (χ0n) is 17.8. The topological polar surface area (TPSA) is 91.6 Å². The maximum Gasteiger partial charge on any atom is 0.259 e. The van der Waals surface area contributed by atoms with Crippen LogP contribution in [0.5, 0.6) is 0 Å². The molecule has 2 aliphatic rings. The number of carbonyl (C=O) groups is 2. The highest BCUT2D eigenvalue weighted by molar-refractivity contribution is 6.07. The molecule has 1 N–H and O–H groups in total. The summed E-state index contributed by atoms with van der Waals surface area (Å²) in [6.45, 7) is 4.44. The predicted octanol–water partition coefficient (Wildman–Crippen LogP) is 2.37. The number of aromatic nitrogens is 2. The number of halogens is 1. The molecule has 2 amide bonds. The first-order valence-electron chi connectivity index (χ1n) is 10.8. The molecule has 0 bridgehead atoms. The predicted molar refractivity (Wildman–Crippen MR) is 115 cm³/mol. The Morgan fingerprint density at radius 1 is 1.16 bits per heavy atom. The lowest BCUT2D eigenvalue weighted by Gasteiger charge is -2.34. The number of nitrogens with one attached hydrogen (secondary N) is 1. The lowest BCUT2D eigenvalue weighted by atomic mass is 10.0. The Labute approximate surface area is 184 Å². The fourth-order valence-electron chi connectivity index (χ4n) is 4.02. The van der Waals surface area contributed by atoms with Gasteiger partial charge in [0, 0.05) is 37.8 Å². The molecule has 1 saturated carbocycles. The van der Waals surface area contributed by atoms with Crippen LogP contribution >= 0.6 is 0 Å². The van der Waals surface area contributed by atoms with E-state index in [-0.39, 0.29) is 23.3 Å². The van der Waals surface area contributed by atoms with Crippen molar-refractivity contribution in [3.63, 3.8) is 0 Å². The van der Waals surface area contributed by atoms with Gasteiger partial charge in [-0.1, -0.05) is 5.16 Å². The Hall–Kier alpha value is -3.33. The number of piperazine rings is 1. The van der Waals surface area contributed by atoms with E-state index in [0.717, 1.165) is 12.8 Å². The number of aryl methyl sites for hydroxylation is 1. The summed E-state index contributed by atoms with van der Waals surface area (Å²) in [5.41, 5.74) is 2.54. The fourth-order valence-corrected chi connectivity index (χ4v) is 4.02. The zero-order valence-corrected chi connectivity index (χ0v) is 17.8. The minimum absolute atomic E-state index is 0.0483. The van der Waals surface area contributed by atoms with Gasteiger partial charge in [0.1, 0.15) is 5.82 Å². The molecule has 166 valence electrons. The van der Waals surface area contributed by atoms with E-state index in [1.54, 1.807) is 30.0 Å². The van der Waals surface area contributed by atoms with Crippen LogP contribution in [0.25, 0.3) is 22.4 Å². The molecule has 32 heavy (non-hydrogen) atoms. The molecule has 5 rings (SSSR count). The monoisotopic (exact) mass is 437 g/mol. The number of rotatable bonds is 5. The second-order valence-corrected chi connectivity index (χ2v) is 8.42. The molecule has 9 heteroatoms. The van der Waals surface area contributed by atoms with Crippen molar-refractivity contribution < 1.29 is 18.5 Å². The highest BCUT2D eigenvalue weighted by Gasteiger charge is 2.28. The number of benzene rings is 1. The molecule has 3 aromatic rings. The van der Waals surface area contributed by atoms with Crippen molar-refractivity contribution in [1.29, 1.82) is 0 Å². The minimum Gasteiger partial charge on any atom is -0.352 e. The van der Waals surface area contributed by atoms with Gasteiger partial charge >= 0.3 is 0 Å². The van der Waals surface area contributed by atoms with E-state index in [0.29, 0.717) is 66.7 Å². The van der Waals surface area contributed by atoms with Crippen LogP contribution in [-0.2, 0) is 4.79 Å². The maximum absolute atomic E-state index is 13.5. The van der Waals surface area contributed by atoms with Crippen molar-refractivity contribution in [3.05, 3.63) is 47.4 Å². The maximum atomic E-state index is 13.5. The first kappa shape index (κ1) is 20.6. The van der Waals surface area contributed by atoms with Crippen LogP contribution in [-0.4, -0.2) is 70.5 Å². The van der Waals surface area contributed by atoms with Gasteiger partial charge in [0.15, 0.2) is 0 Å². The SMILES string of the molecule is Cc1noc2nc(-c3ccc(F)cc3)cc(C(=O)N3CCN(CC(=O)NC4CC4)CC3)c12. The van der Waals surface area contributed by atoms with Gasteiger partial charge in [-0.25, -0.2) is 9.37 Å². The smallest absolute Gasteiger partial charge is 0.259 e. The molecule has 2 fully saturated rings. The third-order valence-electron chi connectivity index (χ3n) is 5.96. The average Bonchev–Trinajstić information content (AvgIpc) is 3.53. The lowest BCUT2D eigenvalue weighted by Crippen LogP contribution is -2.51. The van der Waals surface area contributed by atoms with E-state index in [9.17, 15) is 14.0 Å². The number of carbonyl (C=O) groups excluding carboxylic acids is 2. The first-order chi connectivity index (χ1) is 15.5. The Morgan fingerprint density at radius 2 is 1.88 bits per heavy atom. The van der Waals surface area contributed by atoms with Gasteiger partial charge in [0.05, 0.1) is 28.9 Å². The standard InChI is InChI=1S/C23H24FN5O3/c1-14-21-18(12-19(26-22(21)32-27-14)15-2-4-16(24)5-3-15)23(31)29-10-8-28(9-11-29)13-20(30)25-17-6-7-17/h2-5,12,17H,6-11,13H2,1H3,(H,25,30). The van der Waals surface area contributed by atoms with Gasteiger partial charge < -0.3 is 14.7 Å². The van der Waals surface area contributed by atoms with E-state index in [4.69, 9.17) is 4.52 Å². The number of nitrogens with zero attached hydrogens (tertiary/aromatic N) is 4. The largest absolute Gasteiger partial charge is 0.352 e. The van der Waals surface area contributed by atoms with Crippen LogP contribution in [0, 0.1) is 12.7 Å². The van der Waals surface area contributed by atoms with E-state index in [1.165, 1.54) is 12.1 Å². The van der Waals surface area contributed by atoms with Crippen molar-refractivity contribution in [3.8, 4) is 11.3 Å². The number of pyridine rings is 1. The number of fused-ring (bicyclic) bond motifs is 1. The van der Waals surface area contributed by atoms with E-state index >= 15 is 0 Å². The van der Waals surface area contributed by atoms with Crippen molar-refractivity contribution in [2.45, 2.75) is 25.8 Å². The summed E-state index contributed by atoms with van der Waals surface area (Å²) in [5, 5.41) is 7.58. The highest BCUT2D eigenvalue weighted by atomic mass is 19.1. The Morgan fingerprint density at radius 3 is 2.56 bits per heavy atom. The Balaban J connectivity index is 1.35. The quantitative estimate of drug-likeness (QED) is 0.659. The molecule has 2 aromatic heterocycles. The summed E-state index contributed by atoms with van der Waals surface area (Å²) in [6.07, 6.45) is 2.13. The summed E-state index contributed by atoms with van der Waals surface area (Å²) >= 11 is 0. The van der Waals surface area contributed by atoms with Crippen LogP contribution in [0.2, 0.25) is 0 Å². The summed E-state index contributed by atoms with van der Waals surface area (Å²) < 4.78 is 18.7. The minimum atomic E-state index is -0.342. The average molecular weight is 437 g/mol. The third kappa shape index (κ3) is 4.20. The van der Waals surface area contributed by atoms with Crippen molar-refractivity contribution in [1.82, 2.24) is 25.3 Å². The molecule has 0 radical (unpaired) electrons. The van der Waals surface area contributed by atoms with Crippen LogP contribution in [0.4, 0.5) is 4.39 Å². The van der Waals surface area contributed by atoms with Crippen molar-refractivity contribution >= 4 is 22.9 Å². The summed E-state index contributed by atoms with van der Waals surface area (Å²) in [4.78, 5) is 33.9.